The molecule has 3 rings (SSSR count). The topological polar surface area (TPSA) is 57.3 Å². The van der Waals surface area contributed by atoms with Crippen molar-refractivity contribution in [2.24, 2.45) is 0 Å². The van der Waals surface area contributed by atoms with Crippen molar-refractivity contribution < 1.29 is 9.66 Å². The lowest BCUT2D eigenvalue weighted by Gasteiger charge is -2.17. The highest BCUT2D eigenvalue weighted by Crippen LogP contribution is 2.34. The number of aryl methyl sites for hydroxylation is 2. The molecule has 1 unspecified atom stereocenters. The Hall–Kier alpha value is -3.08. The molecule has 0 bridgehead atoms. The van der Waals surface area contributed by atoms with Crippen LogP contribution in [0.15, 0.2) is 54.6 Å². The number of methoxy groups -OCH3 is 1. The number of para-hydroxylation sites is 2. The first kappa shape index (κ1) is 18.7. The van der Waals surface area contributed by atoms with Crippen molar-refractivity contribution in [3.05, 3.63) is 92.8 Å². The molecule has 1 atom stereocenters. The number of hydrogen-bond donors (Lipinski definition) is 0. The molecule has 0 radical (unpaired) electrons. The van der Waals surface area contributed by atoms with Crippen LogP contribution < -0.4 is 4.74 Å². The molecule has 0 aliphatic carbocycles. The van der Waals surface area contributed by atoms with E-state index in [1.165, 1.54) is 0 Å². The second kappa shape index (κ2) is 7.66. The van der Waals surface area contributed by atoms with Crippen molar-refractivity contribution >= 4 is 0 Å². The van der Waals surface area contributed by atoms with Gasteiger partial charge in [-0.25, -0.2) is 0 Å². The smallest absolute Gasteiger partial charge is 0.214 e. The first-order valence-corrected chi connectivity index (χ1v) is 8.93. The summed E-state index contributed by atoms with van der Waals surface area (Å²) >= 11 is 0. The zero-order chi connectivity index (χ0) is 19.6. The van der Waals surface area contributed by atoms with Crippen molar-refractivity contribution in [2.75, 3.05) is 13.7 Å². The van der Waals surface area contributed by atoms with E-state index >= 15 is 0 Å². The Kier molecular flexibility index (Phi) is 5.31. The molecule has 3 aromatic rings. The van der Waals surface area contributed by atoms with E-state index in [0.717, 1.165) is 39.5 Å². The summed E-state index contributed by atoms with van der Waals surface area (Å²) in [5.41, 5.74) is 6.01. The molecular formula is C22H24N2O3. The largest absolute Gasteiger partial charge is 0.495 e. The van der Waals surface area contributed by atoms with Gasteiger partial charge in [0.15, 0.2) is 0 Å². The molecule has 5 nitrogen and oxygen atoms in total. The maximum atomic E-state index is 11.4. The summed E-state index contributed by atoms with van der Waals surface area (Å²) in [6.07, 6.45) is 0. The average Bonchev–Trinajstić information content (AvgIpc) is 2.94. The molecule has 0 saturated heterocycles. The van der Waals surface area contributed by atoms with E-state index in [0.29, 0.717) is 0 Å². The van der Waals surface area contributed by atoms with E-state index in [1.54, 1.807) is 7.11 Å². The number of aromatic nitrogens is 1. The lowest BCUT2D eigenvalue weighted by Crippen LogP contribution is -2.15. The predicted molar refractivity (Wildman–Crippen MR) is 107 cm³/mol. The van der Waals surface area contributed by atoms with E-state index < -0.39 is 0 Å². The highest BCUT2D eigenvalue weighted by atomic mass is 16.6. The quantitative estimate of drug-likeness (QED) is 0.465. The van der Waals surface area contributed by atoms with Crippen molar-refractivity contribution in [1.29, 1.82) is 0 Å². The molecule has 27 heavy (non-hydrogen) atoms. The Balaban J connectivity index is 2.14. The van der Waals surface area contributed by atoms with Gasteiger partial charge in [-0.15, -0.1) is 0 Å². The number of ether oxygens (including phenoxy) is 1. The summed E-state index contributed by atoms with van der Waals surface area (Å²) in [6, 6.07) is 17.8. The van der Waals surface area contributed by atoms with Crippen molar-refractivity contribution in [3.63, 3.8) is 0 Å². The Bertz CT molecular complexity index is 958. The van der Waals surface area contributed by atoms with Gasteiger partial charge in [-0.05, 0) is 50.1 Å². The number of hydrogen-bond acceptors (Lipinski definition) is 3. The minimum Gasteiger partial charge on any atom is -0.495 e. The van der Waals surface area contributed by atoms with Crippen LogP contribution in [-0.4, -0.2) is 23.1 Å². The molecule has 0 fully saturated rings. The number of benzene rings is 2. The molecule has 2 aromatic carbocycles. The summed E-state index contributed by atoms with van der Waals surface area (Å²) in [7, 11) is 1.65. The van der Waals surface area contributed by atoms with Gasteiger partial charge in [-0.1, -0.05) is 42.0 Å². The molecule has 140 valence electrons. The van der Waals surface area contributed by atoms with Crippen LogP contribution in [0.4, 0.5) is 0 Å². The summed E-state index contributed by atoms with van der Waals surface area (Å²) in [4.78, 5) is 11.1. The maximum Gasteiger partial charge on any atom is 0.214 e. The van der Waals surface area contributed by atoms with Crippen LogP contribution in [0, 0.1) is 30.9 Å². The Morgan fingerprint density at radius 3 is 2.37 bits per heavy atom. The highest BCUT2D eigenvalue weighted by molar-refractivity contribution is 5.52. The molecule has 1 aromatic heterocycles. The van der Waals surface area contributed by atoms with Gasteiger partial charge in [0.25, 0.3) is 0 Å². The minimum absolute atomic E-state index is 0.140. The average molecular weight is 364 g/mol. The van der Waals surface area contributed by atoms with Gasteiger partial charge >= 0.3 is 0 Å². The lowest BCUT2D eigenvalue weighted by atomic mass is 9.91. The van der Waals surface area contributed by atoms with Crippen LogP contribution in [-0.2, 0) is 0 Å². The predicted octanol–water partition coefficient (Wildman–Crippen LogP) is 4.82. The van der Waals surface area contributed by atoms with Gasteiger partial charge in [-0.2, -0.15) is 0 Å². The Labute approximate surface area is 159 Å². The molecule has 0 saturated carbocycles. The maximum absolute atomic E-state index is 11.4. The SMILES string of the molecule is COc1ccccc1-n1c(C)cc(C(C[N+](=O)[O-])c2ccc(C)cc2)c1C. The summed E-state index contributed by atoms with van der Waals surface area (Å²) in [6.45, 7) is 5.90. The van der Waals surface area contributed by atoms with Crippen molar-refractivity contribution in [2.45, 2.75) is 26.7 Å². The normalized spacial score (nSPS) is 12.0. The summed E-state index contributed by atoms with van der Waals surface area (Å²) in [5.74, 6) is 0.474. The van der Waals surface area contributed by atoms with Crippen molar-refractivity contribution in [1.82, 2.24) is 4.57 Å². The highest BCUT2D eigenvalue weighted by Gasteiger charge is 2.25. The zero-order valence-corrected chi connectivity index (χ0v) is 16.1. The number of nitro groups is 1. The fraction of sp³-hybridized carbons (Fsp3) is 0.273. The van der Waals surface area contributed by atoms with Crippen LogP contribution in [0.5, 0.6) is 5.75 Å². The minimum atomic E-state index is -0.296. The third-order valence-electron chi connectivity index (χ3n) is 4.98. The molecule has 0 aliphatic heterocycles. The van der Waals surface area contributed by atoms with Gasteiger partial charge in [0.05, 0.1) is 18.7 Å². The molecule has 0 N–H and O–H groups in total. The molecule has 0 amide bonds. The fourth-order valence-corrected chi connectivity index (χ4v) is 3.66. The van der Waals surface area contributed by atoms with Gasteiger partial charge in [0.2, 0.25) is 6.54 Å². The van der Waals surface area contributed by atoms with Gasteiger partial charge in [0, 0.05) is 16.3 Å². The summed E-state index contributed by atoms with van der Waals surface area (Å²) < 4.78 is 7.62. The second-order valence-electron chi connectivity index (χ2n) is 6.81. The Morgan fingerprint density at radius 2 is 1.74 bits per heavy atom. The van der Waals surface area contributed by atoms with Crippen LogP contribution in [0.25, 0.3) is 5.69 Å². The second-order valence-corrected chi connectivity index (χ2v) is 6.81. The number of rotatable bonds is 6. The Morgan fingerprint density at radius 1 is 1.07 bits per heavy atom. The van der Waals surface area contributed by atoms with E-state index in [2.05, 4.69) is 10.6 Å². The third kappa shape index (κ3) is 3.72. The van der Waals surface area contributed by atoms with E-state index in [4.69, 9.17) is 4.74 Å². The van der Waals surface area contributed by atoms with Crippen LogP contribution >= 0.6 is 0 Å². The van der Waals surface area contributed by atoms with E-state index in [-0.39, 0.29) is 17.4 Å². The monoisotopic (exact) mass is 364 g/mol. The summed E-state index contributed by atoms with van der Waals surface area (Å²) in [5, 5.41) is 11.4. The molecule has 1 heterocycles. The third-order valence-corrected chi connectivity index (χ3v) is 4.98. The number of nitrogens with zero attached hydrogens (tertiary/aromatic N) is 2. The standard InChI is InChI=1S/C22H24N2O3/c1-15-9-11-18(12-10-15)20(14-23(25)26)19-13-16(2)24(17(19)3)21-7-5-6-8-22(21)27-4/h5-13,20H,14H2,1-4H3. The van der Waals surface area contributed by atoms with Crippen LogP contribution in [0.2, 0.25) is 0 Å². The molecule has 5 heteroatoms. The van der Waals surface area contributed by atoms with Gasteiger partial charge in [-0.3, -0.25) is 10.1 Å². The van der Waals surface area contributed by atoms with Crippen LogP contribution in [0.1, 0.15) is 34.0 Å². The molecular weight excluding hydrogens is 340 g/mol. The van der Waals surface area contributed by atoms with E-state index in [1.807, 2.05) is 69.3 Å². The molecule has 0 aliphatic rings. The van der Waals surface area contributed by atoms with E-state index in [9.17, 15) is 10.1 Å². The first-order chi connectivity index (χ1) is 12.9. The lowest BCUT2D eigenvalue weighted by molar-refractivity contribution is -0.481. The van der Waals surface area contributed by atoms with Crippen molar-refractivity contribution in [3.8, 4) is 11.4 Å². The first-order valence-electron chi connectivity index (χ1n) is 8.93. The zero-order valence-electron chi connectivity index (χ0n) is 16.1. The fourth-order valence-electron chi connectivity index (χ4n) is 3.66. The van der Waals surface area contributed by atoms with Gasteiger partial charge in [0.1, 0.15) is 5.75 Å². The van der Waals surface area contributed by atoms with Crippen LogP contribution in [0.3, 0.4) is 0 Å². The molecule has 0 spiro atoms. The van der Waals surface area contributed by atoms with Gasteiger partial charge < -0.3 is 9.30 Å².